The summed E-state index contributed by atoms with van der Waals surface area (Å²) >= 11 is 3.27. The number of ether oxygens (including phenoxy) is 1. The molecule has 0 atom stereocenters. The highest BCUT2D eigenvalue weighted by molar-refractivity contribution is 9.10. The van der Waals surface area contributed by atoms with E-state index in [-0.39, 0.29) is 0 Å². The number of carbonyl (C=O) groups excluding carboxylic acids is 1. The first kappa shape index (κ1) is 11.0. The third-order valence-corrected chi connectivity index (χ3v) is 2.37. The molecule has 0 fully saturated rings. The van der Waals surface area contributed by atoms with Crippen LogP contribution in [0.15, 0.2) is 16.9 Å². The summed E-state index contributed by atoms with van der Waals surface area (Å²) in [5, 5.41) is 2.57. The largest absolute Gasteiger partial charge is 0.450 e. The summed E-state index contributed by atoms with van der Waals surface area (Å²) in [6, 6.07) is 1.81. The Morgan fingerprint density at radius 2 is 2.43 bits per heavy atom. The van der Waals surface area contributed by atoms with E-state index in [2.05, 4.69) is 26.2 Å². The van der Waals surface area contributed by atoms with Gasteiger partial charge in [-0.15, -0.1) is 0 Å². The molecule has 14 heavy (non-hydrogen) atoms. The molecule has 0 unspecified atom stereocenters. The van der Waals surface area contributed by atoms with Gasteiger partial charge in [-0.1, -0.05) is 0 Å². The van der Waals surface area contributed by atoms with Gasteiger partial charge in [0.1, 0.15) is 4.60 Å². The summed E-state index contributed by atoms with van der Waals surface area (Å²) in [5.74, 6) is 0. The van der Waals surface area contributed by atoms with Gasteiger partial charge in [-0.05, 0) is 41.4 Å². The van der Waals surface area contributed by atoms with E-state index in [9.17, 15) is 4.79 Å². The molecule has 4 nitrogen and oxygen atoms in total. The van der Waals surface area contributed by atoms with Crippen molar-refractivity contribution in [2.75, 3.05) is 11.9 Å². The number of halogens is 1. The van der Waals surface area contributed by atoms with Crippen molar-refractivity contribution in [2.45, 2.75) is 13.8 Å². The summed E-state index contributed by atoms with van der Waals surface area (Å²) < 4.78 is 5.50. The van der Waals surface area contributed by atoms with Crippen LogP contribution < -0.4 is 5.32 Å². The summed E-state index contributed by atoms with van der Waals surface area (Å²) in [7, 11) is 0. The second-order valence-corrected chi connectivity index (χ2v) is 3.43. The minimum Gasteiger partial charge on any atom is -0.450 e. The molecule has 76 valence electrons. The first-order valence-electron chi connectivity index (χ1n) is 4.19. The Labute approximate surface area is 90.8 Å². The topological polar surface area (TPSA) is 51.2 Å². The quantitative estimate of drug-likeness (QED) is 0.831. The second kappa shape index (κ2) is 4.95. The van der Waals surface area contributed by atoms with Crippen LogP contribution in [0.2, 0.25) is 0 Å². The van der Waals surface area contributed by atoms with Crippen molar-refractivity contribution in [3.05, 3.63) is 22.4 Å². The van der Waals surface area contributed by atoms with Crippen LogP contribution in [0.1, 0.15) is 12.5 Å². The number of carbonyl (C=O) groups is 1. The van der Waals surface area contributed by atoms with Gasteiger partial charge in [-0.3, -0.25) is 5.32 Å². The molecule has 0 aliphatic carbocycles. The van der Waals surface area contributed by atoms with Crippen molar-refractivity contribution in [3.63, 3.8) is 0 Å². The Balaban J connectivity index is 2.68. The van der Waals surface area contributed by atoms with Crippen LogP contribution in [0.25, 0.3) is 0 Å². The van der Waals surface area contributed by atoms with Gasteiger partial charge in [0.05, 0.1) is 18.5 Å². The Hall–Kier alpha value is -1.10. The van der Waals surface area contributed by atoms with Gasteiger partial charge in [0.15, 0.2) is 0 Å². The minimum atomic E-state index is -0.462. The maximum absolute atomic E-state index is 11.0. The van der Waals surface area contributed by atoms with Gasteiger partial charge in [0.25, 0.3) is 0 Å². The molecule has 0 aromatic carbocycles. The number of nitrogens with one attached hydrogen (secondary N) is 1. The highest BCUT2D eigenvalue weighted by Crippen LogP contribution is 2.16. The van der Waals surface area contributed by atoms with E-state index in [1.165, 1.54) is 0 Å². The fraction of sp³-hybridized carbons (Fsp3) is 0.333. The molecule has 0 spiro atoms. The minimum absolute atomic E-state index is 0.356. The van der Waals surface area contributed by atoms with E-state index < -0.39 is 6.09 Å². The third kappa shape index (κ3) is 2.99. The lowest BCUT2D eigenvalue weighted by Crippen LogP contribution is -2.13. The molecule has 0 saturated carbocycles. The van der Waals surface area contributed by atoms with Crippen molar-refractivity contribution in [1.29, 1.82) is 0 Å². The first-order valence-corrected chi connectivity index (χ1v) is 4.98. The lowest BCUT2D eigenvalue weighted by molar-refractivity contribution is 0.168. The number of aromatic nitrogens is 1. The molecule has 0 bridgehead atoms. The molecule has 0 saturated heterocycles. The predicted molar refractivity (Wildman–Crippen MR) is 57.3 cm³/mol. The van der Waals surface area contributed by atoms with Crippen molar-refractivity contribution in [3.8, 4) is 0 Å². The van der Waals surface area contributed by atoms with Crippen LogP contribution in [-0.2, 0) is 4.74 Å². The van der Waals surface area contributed by atoms with Crippen LogP contribution >= 0.6 is 15.9 Å². The van der Waals surface area contributed by atoms with E-state index in [1.807, 2.05) is 13.0 Å². The van der Waals surface area contributed by atoms with Crippen molar-refractivity contribution < 1.29 is 9.53 Å². The summed E-state index contributed by atoms with van der Waals surface area (Å²) in [6.07, 6.45) is 1.10. The van der Waals surface area contributed by atoms with E-state index >= 15 is 0 Å². The summed E-state index contributed by atoms with van der Waals surface area (Å²) in [6.45, 7) is 4.01. The number of pyridine rings is 1. The normalized spacial score (nSPS) is 9.64. The van der Waals surface area contributed by atoms with Crippen LogP contribution in [0, 0.1) is 6.92 Å². The highest BCUT2D eigenvalue weighted by Gasteiger charge is 2.03. The number of amides is 1. The fourth-order valence-corrected chi connectivity index (χ4v) is 1.13. The number of rotatable bonds is 2. The summed E-state index contributed by atoms with van der Waals surface area (Å²) in [4.78, 5) is 15.1. The zero-order valence-corrected chi connectivity index (χ0v) is 9.59. The van der Waals surface area contributed by atoms with Crippen molar-refractivity contribution in [2.24, 2.45) is 0 Å². The molecule has 0 aliphatic rings. The number of hydrogen-bond donors (Lipinski definition) is 1. The van der Waals surface area contributed by atoms with Gasteiger partial charge in [0.2, 0.25) is 0 Å². The van der Waals surface area contributed by atoms with Crippen LogP contribution in [0.5, 0.6) is 0 Å². The highest BCUT2D eigenvalue weighted by atomic mass is 79.9. The maximum atomic E-state index is 11.0. The van der Waals surface area contributed by atoms with E-state index in [0.717, 1.165) is 10.2 Å². The molecular weight excluding hydrogens is 248 g/mol. The predicted octanol–water partition coefficient (Wildman–Crippen LogP) is 2.72. The van der Waals surface area contributed by atoms with Crippen molar-refractivity contribution >= 4 is 27.7 Å². The Morgan fingerprint density at radius 1 is 1.71 bits per heavy atom. The van der Waals surface area contributed by atoms with Gasteiger partial charge >= 0.3 is 6.09 Å². The summed E-state index contributed by atoms with van der Waals surface area (Å²) in [5.41, 5.74) is 1.59. The van der Waals surface area contributed by atoms with E-state index in [4.69, 9.17) is 4.74 Å². The monoisotopic (exact) mass is 258 g/mol. The molecule has 1 heterocycles. The molecule has 1 amide bonds. The second-order valence-electron chi connectivity index (χ2n) is 2.68. The average Bonchev–Trinajstić information content (AvgIpc) is 2.12. The average molecular weight is 259 g/mol. The third-order valence-electron chi connectivity index (χ3n) is 1.54. The van der Waals surface area contributed by atoms with Gasteiger partial charge in [-0.2, -0.15) is 0 Å². The lowest BCUT2D eigenvalue weighted by Gasteiger charge is -2.05. The molecule has 0 aliphatic heterocycles. The molecule has 0 radical (unpaired) electrons. The Bertz CT molecular complexity index is 342. The van der Waals surface area contributed by atoms with Gasteiger partial charge in [-0.25, -0.2) is 9.78 Å². The van der Waals surface area contributed by atoms with E-state index in [1.54, 1.807) is 13.1 Å². The Kier molecular flexibility index (Phi) is 3.88. The maximum Gasteiger partial charge on any atom is 0.411 e. The molecule has 1 rings (SSSR count). The zero-order chi connectivity index (χ0) is 10.6. The fourth-order valence-electron chi connectivity index (χ4n) is 0.911. The molecule has 1 aromatic rings. The van der Waals surface area contributed by atoms with E-state index in [0.29, 0.717) is 12.3 Å². The van der Waals surface area contributed by atoms with Gasteiger partial charge < -0.3 is 4.74 Å². The standard InChI is InChI=1S/C9H11BrN2O2/c1-3-14-9(13)12-7-4-6(2)8(10)11-5-7/h4-5H,3H2,1-2H3,(H,12,13). The van der Waals surface area contributed by atoms with Crippen LogP contribution in [-0.4, -0.2) is 17.7 Å². The molecular formula is C9H11BrN2O2. The molecule has 1 aromatic heterocycles. The zero-order valence-electron chi connectivity index (χ0n) is 8.00. The molecule has 1 N–H and O–H groups in total. The van der Waals surface area contributed by atoms with Gasteiger partial charge in [0, 0.05) is 0 Å². The lowest BCUT2D eigenvalue weighted by atomic mass is 10.3. The SMILES string of the molecule is CCOC(=O)Nc1cnc(Br)c(C)c1. The Morgan fingerprint density at radius 3 is 3.00 bits per heavy atom. The number of hydrogen-bond acceptors (Lipinski definition) is 3. The smallest absolute Gasteiger partial charge is 0.411 e. The number of nitrogens with zero attached hydrogens (tertiary/aromatic N) is 1. The molecule has 5 heteroatoms. The number of anilines is 1. The van der Waals surface area contributed by atoms with Crippen LogP contribution in [0.3, 0.4) is 0 Å². The number of aryl methyl sites for hydroxylation is 1. The van der Waals surface area contributed by atoms with Crippen LogP contribution in [0.4, 0.5) is 10.5 Å². The first-order chi connectivity index (χ1) is 6.63. The van der Waals surface area contributed by atoms with Crippen molar-refractivity contribution in [1.82, 2.24) is 4.98 Å².